The van der Waals surface area contributed by atoms with Crippen molar-refractivity contribution in [1.82, 2.24) is 4.98 Å². The maximum Gasteiger partial charge on any atom is 0.237 e. The van der Waals surface area contributed by atoms with Gasteiger partial charge in [-0.2, -0.15) is 0 Å². The Morgan fingerprint density at radius 3 is 2.71 bits per heavy atom. The third-order valence-corrected chi connectivity index (χ3v) is 4.68. The van der Waals surface area contributed by atoms with Crippen LogP contribution in [0.3, 0.4) is 0 Å². The first-order valence-electron chi connectivity index (χ1n) is 4.74. The highest BCUT2D eigenvalue weighted by Gasteiger charge is 2.38. The van der Waals surface area contributed by atoms with E-state index in [1.807, 2.05) is 0 Å². The lowest BCUT2D eigenvalue weighted by Crippen LogP contribution is -2.27. The van der Waals surface area contributed by atoms with E-state index in [9.17, 15) is 13.2 Å². The number of hydrogen-bond donors (Lipinski definition) is 0. The molecule has 1 saturated heterocycles. The van der Waals surface area contributed by atoms with Crippen molar-refractivity contribution in [2.24, 2.45) is 0 Å². The smallest absolute Gasteiger partial charge is 0.237 e. The molecule has 0 aromatic carbocycles. The number of aromatic nitrogens is 1. The van der Waals surface area contributed by atoms with Crippen molar-refractivity contribution in [2.75, 3.05) is 11.4 Å². The zero-order valence-electron chi connectivity index (χ0n) is 8.51. The van der Waals surface area contributed by atoms with Gasteiger partial charge in [0, 0.05) is 29.8 Å². The number of nitrogens with zero attached hydrogens (tertiary/aromatic N) is 2. The maximum absolute atomic E-state index is 11.7. The van der Waals surface area contributed by atoms with Crippen molar-refractivity contribution in [3.8, 4) is 0 Å². The van der Waals surface area contributed by atoms with E-state index in [1.165, 1.54) is 11.1 Å². The van der Waals surface area contributed by atoms with E-state index in [1.54, 1.807) is 12.1 Å². The van der Waals surface area contributed by atoms with Gasteiger partial charge in [-0.1, -0.05) is 11.6 Å². The van der Waals surface area contributed by atoms with Gasteiger partial charge < -0.3 is 4.90 Å². The van der Waals surface area contributed by atoms with Gasteiger partial charge in [-0.25, -0.2) is 13.4 Å². The molecule has 5 nitrogen and oxygen atoms in total. The van der Waals surface area contributed by atoms with Crippen LogP contribution in [0.2, 0.25) is 5.15 Å². The fraction of sp³-hybridized carbons (Fsp3) is 0.333. The van der Waals surface area contributed by atoms with Crippen LogP contribution >= 0.6 is 22.3 Å². The molecule has 0 N–H and O–H groups in total. The van der Waals surface area contributed by atoms with Gasteiger partial charge in [-0.15, -0.1) is 0 Å². The predicted molar refractivity (Wildman–Crippen MR) is 64.8 cm³/mol. The fourth-order valence-electron chi connectivity index (χ4n) is 1.68. The first kappa shape index (κ1) is 12.6. The summed E-state index contributed by atoms with van der Waals surface area (Å²) in [5, 5.41) is -0.735. The Kier molecular flexibility index (Phi) is 3.29. The van der Waals surface area contributed by atoms with E-state index in [-0.39, 0.29) is 24.0 Å². The van der Waals surface area contributed by atoms with Crippen LogP contribution in [0.5, 0.6) is 0 Å². The maximum atomic E-state index is 11.7. The summed E-state index contributed by atoms with van der Waals surface area (Å²) in [7, 11) is 1.50. The number of rotatable bonds is 2. The highest BCUT2D eigenvalue weighted by molar-refractivity contribution is 8.14. The zero-order chi connectivity index (χ0) is 12.6. The van der Waals surface area contributed by atoms with Gasteiger partial charge >= 0.3 is 0 Å². The highest BCUT2D eigenvalue weighted by Crippen LogP contribution is 2.30. The monoisotopic (exact) mass is 294 g/mol. The first-order valence-corrected chi connectivity index (χ1v) is 7.49. The van der Waals surface area contributed by atoms with E-state index in [4.69, 9.17) is 22.3 Å². The number of hydrogen-bond acceptors (Lipinski definition) is 4. The number of halogens is 2. The summed E-state index contributed by atoms with van der Waals surface area (Å²) in [5.41, 5.74) is 0.405. The topological polar surface area (TPSA) is 67.3 Å². The van der Waals surface area contributed by atoms with Crippen LogP contribution in [0.15, 0.2) is 18.3 Å². The minimum Gasteiger partial charge on any atom is -0.308 e. The molecule has 92 valence electrons. The molecule has 0 saturated carbocycles. The second kappa shape index (κ2) is 4.44. The van der Waals surface area contributed by atoms with Gasteiger partial charge in [0.2, 0.25) is 15.0 Å². The summed E-state index contributed by atoms with van der Waals surface area (Å²) in [4.78, 5) is 16.8. The van der Waals surface area contributed by atoms with Crippen LogP contribution in [-0.4, -0.2) is 31.1 Å². The van der Waals surface area contributed by atoms with Gasteiger partial charge in [0.1, 0.15) is 5.25 Å². The molecule has 1 amide bonds. The van der Waals surface area contributed by atoms with Crippen molar-refractivity contribution in [1.29, 1.82) is 0 Å². The Bertz CT molecular complexity index is 561. The van der Waals surface area contributed by atoms with E-state index >= 15 is 0 Å². The number of carbonyl (C=O) groups is 1. The largest absolute Gasteiger partial charge is 0.308 e. The SMILES string of the molecule is O=C1CC(S(=O)(=O)Cl)CN1c1cccnc1Cl. The highest BCUT2D eigenvalue weighted by atomic mass is 35.7. The summed E-state index contributed by atoms with van der Waals surface area (Å²) in [6.07, 6.45) is 1.36. The number of amides is 1. The molecule has 1 aliphatic rings. The van der Waals surface area contributed by atoms with Crippen molar-refractivity contribution >= 4 is 42.9 Å². The summed E-state index contributed by atoms with van der Waals surface area (Å²) in [6.45, 7) is 0.0100. The molecule has 8 heteroatoms. The van der Waals surface area contributed by atoms with Crippen molar-refractivity contribution < 1.29 is 13.2 Å². The fourth-order valence-corrected chi connectivity index (χ4v) is 2.92. The Hall–Kier alpha value is -0.850. The average molecular weight is 295 g/mol. The zero-order valence-corrected chi connectivity index (χ0v) is 10.8. The van der Waals surface area contributed by atoms with E-state index < -0.39 is 14.3 Å². The second-order valence-corrected chi connectivity index (χ2v) is 6.89. The molecule has 1 unspecified atom stereocenters. The van der Waals surface area contributed by atoms with Crippen LogP contribution in [0, 0.1) is 0 Å². The van der Waals surface area contributed by atoms with E-state index in [0.717, 1.165) is 0 Å². The minimum absolute atomic E-state index is 0.0100. The lowest BCUT2D eigenvalue weighted by molar-refractivity contribution is -0.117. The standard InChI is InChI=1S/C9H8Cl2N2O3S/c10-9-7(2-1-3-12-9)13-5-6(4-8(13)14)17(11,15)16/h1-3,6H,4-5H2. The average Bonchev–Trinajstić information content (AvgIpc) is 2.61. The molecule has 1 fully saturated rings. The molecule has 1 aromatic rings. The lowest BCUT2D eigenvalue weighted by atomic mass is 10.4. The number of pyridine rings is 1. The van der Waals surface area contributed by atoms with Crippen molar-refractivity contribution in [3.63, 3.8) is 0 Å². The molecular formula is C9H8Cl2N2O3S. The van der Waals surface area contributed by atoms with Crippen LogP contribution in [0.1, 0.15) is 6.42 Å². The molecule has 0 radical (unpaired) electrons. The van der Waals surface area contributed by atoms with Crippen molar-refractivity contribution in [3.05, 3.63) is 23.5 Å². The molecule has 0 bridgehead atoms. The summed E-state index contributed by atoms with van der Waals surface area (Å²) in [6, 6.07) is 3.23. The van der Waals surface area contributed by atoms with E-state index in [2.05, 4.69) is 4.98 Å². The van der Waals surface area contributed by atoms with E-state index in [0.29, 0.717) is 5.69 Å². The summed E-state index contributed by atoms with van der Waals surface area (Å²) in [5.74, 6) is -0.325. The Morgan fingerprint density at radius 1 is 1.47 bits per heavy atom. The van der Waals surface area contributed by atoms with Gasteiger partial charge in [-0.3, -0.25) is 4.79 Å². The van der Waals surface area contributed by atoms with Crippen LogP contribution in [0.25, 0.3) is 0 Å². The predicted octanol–water partition coefficient (Wildman–Crippen LogP) is 1.41. The number of anilines is 1. The Labute approximate surface area is 108 Å². The van der Waals surface area contributed by atoms with Gasteiger partial charge in [0.25, 0.3) is 0 Å². The van der Waals surface area contributed by atoms with Crippen LogP contribution < -0.4 is 4.90 Å². The summed E-state index contributed by atoms with van der Waals surface area (Å²) < 4.78 is 22.4. The third kappa shape index (κ3) is 2.53. The van der Waals surface area contributed by atoms with Gasteiger partial charge in [-0.05, 0) is 12.1 Å². The minimum atomic E-state index is -3.74. The Morgan fingerprint density at radius 2 is 2.18 bits per heavy atom. The van der Waals surface area contributed by atoms with Gasteiger partial charge in [0.05, 0.1) is 5.69 Å². The number of carbonyl (C=O) groups excluding carboxylic acids is 1. The molecule has 0 aliphatic carbocycles. The molecule has 0 spiro atoms. The molecule has 1 aromatic heterocycles. The molecule has 17 heavy (non-hydrogen) atoms. The molecular weight excluding hydrogens is 287 g/mol. The molecule has 1 aliphatic heterocycles. The van der Waals surface area contributed by atoms with Gasteiger partial charge in [0.15, 0.2) is 5.15 Å². The lowest BCUT2D eigenvalue weighted by Gasteiger charge is -2.16. The van der Waals surface area contributed by atoms with Crippen molar-refractivity contribution in [2.45, 2.75) is 11.7 Å². The first-order chi connectivity index (χ1) is 7.89. The van der Waals surface area contributed by atoms with Crippen LogP contribution in [0.4, 0.5) is 5.69 Å². The molecule has 2 heterocycles. The molecule has 2 rings (SSSR count). The third-order valence-electron chi connectivity index (χ3n) is 2.52. The summed E-state index contributed by atoms with van der Waals surface area (Å²) >= 11 is 5.84. The Balaban J connectivity index is 2.31. The normalized spacial score (nSPS) is 20.9. The quantitative estimate of drug-likeness (QED) is 0.611. The van der Waals surface area contributed by atoms with Crippen LogP contribution in [-0.2, 0) is 13.8 Å². The second-order valence-electron chi connectivity index (χ2n) is 3.62. The molecule has 1 atom stereocenters.